The number of hydrogen-bond donors (Lipinski definition) is 1. The Kier molecular flexibility index (Phi) is 5.77. The van der Waals surface area contributed by atoms with Crippen LogP contribution in [0.3, 0.4) is 0 Å². The highest BCUT2D eigenvalue weighted by Crippen LogP contribution is 2.24. The van der Waals surface area contributed by atoms with Gasteiger partial charge in [0.2, 0.25) is 0 Å². The Balaban J connectivity index is 2.11. The van der Waals surface area contributed by atoms with Crippen LogP contribution < -0.4 is 5.73 Å². The Morgan fingerprint density at radius 3 is 2.75 bits per heavy atom. The Morgan fingerprint density at radius 2 is 2.12 bits per heavy atom. The summed E-state index contributed by atoms with van der Waals surface area (Å²) in [7, 11) is 0. The largest absolute Gasteiger partial charge is 0.330 e. The molecule has 0 saturated carbocycles. The highest BCUT2D eigenvalue weighted by atomic mass is 15.1. The molecule has 2 heteroatoms. The van der Waals surface area contributed by atoms with Crippen LogP contribution in [-0.2, 0) is 0 Å². The lowest BCUT2D eigenvalue weighted by molar-refractivity contribution is 0.271. The Labute approximate surface area is 102 Å². The van der Waals surface area contributed by atoms with Gasteiger partial charge in [0.1, 0.15) is 0 Å². The Morgan fingerprint density at radius 1 is 1.38 bits per heavy atom. The van der Waals surface area contributed by atoms with E-state index in [4.69, 9.17) is 5.73 Å². The second-order valence-corrected chi connectivity index (χ2v) is 6.22. The molecule has 1 unspecified atom stereocenters. The first-order chi connectivity index (χ1) is 7.57. The SMILES string of the molecule is CCCC1CCN(CCCC(C)(C)CN)C1. The third-order valence-corrected chi connectivity index (χ3v) is 3.95. The monoisotopic (exact) mass is 226 g/mol. The van der Waals surface area contributed by atoms with Gasteiger partial charge >= 0.3 is 0 Å². The van der Waals surface area contributed by atoms with Crippen molar-refractivity contribution in [3.05, 3.63) is 0 Å². The van der Waals surface area contributed by atoms with Gasteiger partial charge in [-0.3, -0.25) is 0 Å². The first-order valence-corrected chi connectivity index (χ1v) is 7.00. The first-order valence-electron chi connectivity index (χ1n) is 7.00. The molecule has 16 heavy (non-hydrogen) atoms. The van der Waals surface area contributed by atoms with Crippen molar-refractivity contribution in [3.8, 4) is 0 Å². The zero-order valence-electron chi connectivity index (χ0n) is 11.5. The summed E-state index contributed by atoms with van der Waals surface area (Å²) in [4.78, 5) is 2.65. The van der Waals surface area contributed by atoms with Crippen LogP contribution in [0.1, 0.15) is 52.9 Å². The molecule has 1 atom stereocenters. The van der Waals surface area contributed by atoms with Crippen molar-refractivity contribution in [1.29, 1.82) is 0 Å². The topological polar surface area (TPSA) is 29.3 Å². The minimum absolute atomic E-state index is 0.336. The summed E-state index contributed by atoms with van der Waals surface area (Å²) in [5, 5.41) is 0. The lowest BCUT2D eigenvalue weighted by atomic mass is 9.88. The molecular formula is C14H30N2. The van der Waals surface area contributed by atoms with Gasteiger partial charge in [0, 0.05) is 6.54 Å². The molecule has 1 rings (SSSR count). The molecule has 0 radical (unpaired) electrons. The van der Waals surface area contributed by atoms with Crippen LogP contribution in [-0.4, -0.2) is 31.1 Å². The van der Waals surface area contributed by atoms with Crippen molar-refractivity contribution in [3.63, 3.8) is 0 Å². The van der Waals surface area contributed by atoms with Crippen LogP contribution >= 0.6 is 0 Å². The van der Waals surface area contributed by atoms with Gasteiger partial charge in [-0.15, -0.1) is 0 Å². The van der Waals surface area contributed by atoms with Gasteiger partial charge in [0.05, 0.1) is 0 Å². The molecule has 0 bridgehead atoms. The van der Waals surface area contributed by atoms with Crippen molar-refractivity contribution < 1.29 is 0 Å². The van der Waals surface area contributed by atoms with E-state index in [1.54, 1.807) is 0 Å². The van der Waals surface area contributed by atoms with Gasteiger partial charge in [-0.05, 0) is 56.7 Å². The number of hydrogen-bond acceptors (Lipinski definition) is 2. The molecule has 2 N–H and O–H groups in total. The smallest absolute Gasteiger partial charge is 0.00101 e. The quantitative estimate of drug-likeness (QED) is 0.723. The van der Waals surface area contributed by atoms with Crippen molar-refractivity contribution in [2.45, 2.75) is 52.9 Å². The van der Waals surface area contributed by atoms with Crippen LogP contribution in [0.25, 0.3) is 0 Å². The average molecular weight is 226 g/mol. The number of likely N-dealkylation sites (tertiary alicyclic amines) is 1. The van der Waals surface area contributed by atoms with Crippen LogP contribution in [0, 0.1) is 11.3 Å². The molecular weight excluding hydrogens is 196 g/mol. The Bertz CT molecular complexity index is 189. The minimum Gasteiger partial charge on any atom is -0.330 e. The van der Waals surface area contributed by atoms with E-state index in [0.29, 0.717) is 5.41 Å². The molecule has 0 spiro atoms. The van der Waals surface area contributed by atoms with E-state index in [-0.39, 0.29) is 0 Å². The summed E-state index contributed by atoms with van der Waals surface area (Å²) in [6, 6.07) is 0. The molecule has 1 heterocycles. The fraction of sp³-hybridized carbons (Fsp3) is 1.00. The number of nitrogens with zero attached hydrogens (tertiary/aromatic N) is 1. The molecule has 1 saturated heterocycles. The highest BCUT2D eigenvalue weighted by molar-refractivity contribution is 4.76. The molecule has 1 fully saturated rings. The van der Waals surface area contributed by atoms with Gasteiger partial charge in [-0.25, -0.2) is 0 Å². The summed E-state index contributed by atoms with van der Waals surface area (Å²) >= 11 is 0. The summed E-state index contributed by atoms with van der Waals surface area (Å²) in [5.41, 5.74) is 6.08. The van der Waals surface area contributed by atoms with Crippen LogP contribution in [0.2, 0.25) is 0 Å². The maximum absolute atomic E-state index is 5.75. The van der Waals surface area contributed by atoms with Crippen LogP contribution in [0.4, 0.5) is 0 Å². The fourth-order valence-corrected chi connectivity index (χ4v) is 2.64. The van der Waals surface area contributed by atoms with Crippen LogP contribution in [0.5, 0.6) is 0 Å². The average Bonchev–Trinajstić information content (AvgIpc) is 2.66. The van der Waals surface area contributed by atoms with E-state index in [2.05, 4.69) is 25.7 Å². The standard InChI is InChI=1S/C14H30N2/c1-4-6-13-7-10-16(11-13)9-5-8-14(2,3)12-15/h13H,4-12,15H2,1-3H3. The predicted octanol–water partition coefficient (Wildman–Crippen LogP) is 2.87. The number of rotatable bonds is 7. The lowest BCUT2D eigenvalue weighted by Gasteiger charge is -2.24. The van der Waals surface area contributed by atoms with Gasteiger partial charge in [0.25, 0.3) is 0 Å². The summed E-state index contributed by atoms with van der Waals surface area (Å²) in [6.45, 7) is 11.6. The van der Waals surface area contributed by atoms with Gasteiger partial charge in [0.15, 0.2) is 0 Å². The van der Waals surface area contributed by atoms with E-state index in [1.165, 1.54) is 51.7 Å². The molecule has 0 aromatic rings. The van der Waals surface area contributed by atoms with E-state index in [1.807, 2.05) is 0 Å². The van der Waals surface area contributed by atoms with Crippen LogP contribution in [0.15, 0.2) is 0 Å². The molecule has 2 nitrogen and oxygen atoms in total. The third-order valence-electron chi connectivity index (χ3n) is 3.95. The summed E-state index contributed by atoms with van der Waals surface area (Å²) < 4.78 is 0. The van der Waals surface area contributed by atoms with E-state index in [0.717, 1.165) is 12.5 Å². The summed E-state index contributed by atoms with van der Waals surface area (Å²) in [5.74, 6) is 0.979. The molecule has 0 aromatic carbocycles. The summed E-state index contributed by atoms with van der Waals surface area (Å²) in [6.07, 6.45) is 6.76. The second kappa shape index (κ2) is 6.61. The molecule has 1 aliphatic rings. The maximum atomic E-state index is 5.75. The van der Waals surface area contributed by atoms with Crippen molar-refractivity contribution in [2.75, 3.05) is 26.2 Å². The molecule has 0 amide bonds. The van der Waals surface area contributed by atoms with E-state index >= 15 is 0 Å². The maximum Gasteiger partial charge on any atom is 0.00101 e. The second-order valence-electron chi connectivity index (χ2n) is 6.22. The van der Waals surface area contributed by atoms with Gasteiger partial charge in [-0.1, -0.05) is 27.2 Å². The van der Waals surface area contributed by atoms with E-state index in [9.17, 15) is 0 Å². The number of nitrogens with two attached hydrogens (primary N) is 1. The zero-order chi connectivity index (χ0) is 12.0. The molecule has 96 valence electrons. The molecule has 1 aliphatic heterocycles. The van der Waals surface area contributed by atoms with Crippen molar-refractivity contribution in [1.82, 2.24) is 4.90 Å². The predicted molar refractivity (Wildman–Crippen MR) is 71.5 cm³/mol. The lowest BCUT2D eigenvalue weighted by Crippen LogP contribution is -2.27. The zero-order valence-corrected chi connectivity index (χ0v) is 11.5. The first kappa shape index (κ1) is 14.0. The molecule has 0 aromatic heterocycles. The minimum atomic E-state index is 0.336. The normalized spacial score (nSPS) is 22.9. The molecule has 0 aliphatic carbocycles. The van der Waals surface area contributed by atoms with E-state index < -0.39 is 0 Å². The Hall–Kier alpha value is -0.0800. The van der Waals surface area contributed by atoms with Gasteiger partial charge < -0.3 is 10.6 Å². The fourth-order valence-electron chi connectivity index (χ4n) is 2.64. The highest BCUT2D eigenvalue weighted by Gasteiger charge is 2.22. The van der Waals surface area contributed by atoms with Gasteiger partial charge in [-0.2, -0.15) is 0 Å². The van der Waals surface area contributed by atoms with Crippen molar-refractivity contribution in [2.24, 2.45) is 17.1 Å². The third kappa shape index (κ3) is 4.84. The van der Waals surface area contributed by atoms with Crippen molar-refractivity contribution >= 4 is 0 Å².